The Kier molecular flexibility index (Phi) is 6.56. The Bertz CT molecular complexity index is 1050. The van der Waals surface area contributed by atoms with Crippen LogP contribution in [-0.2, 0) is 23.9 Å². The topological polar surface area (TPSA) is 69.7 Å². The number of ketones is 1. The van der Waals surface area contributed by atoms with Crippen LogP contribution in [0.15, 0.2) is 12.2 Å². The summed E-state index contributed by atoms with van der Waals surface area (Å²) < 4.78 is 11.0. The molecule has 5 aliphatic carbocycles. The summed E-state index contributed by atoms with van der Waals surface area (Å²) in [5, 5.41) is 0. The first kappa shape index (κ1) is 27.9. The van der Waals surface area contributed by atoms with Gasteiger partial charge < -0.3 is 9.47 Å². The van der Waals surface area contributed by atoms with Crippen molar-refractivity contribution in [2.45, 2.75) is 106 Å². The summed E-state index contributed by atoms with van der Waals surface area (Å²) in [4.78, 5) is 38.5. The average Bonchev–Trinajstić information content (AvgIpc) is 3.26. The summed E-state index contributed by atoms with van der Waals surface area (Å²) in [7, 11) is 1.56. The van der Waals surface area contributed by atoms with Crippen LogP contribution in [0.5, 0.6) is 0 Å². The lowest BCUT2D eigenvalue weighted by molar-refractivity contribution is -0.239. The quantitative estimate of drug-likeness (QED) is 0.293. The highest BCUT2D eigenvalue weighted by molar-refractivity contribution is 5.86. The van der Waals surface area contributed by atoms with E-state index >= 15 is 0 Å². The Morgan fingerprint density at radius 1 is 0.895 bits per heavy atom. The molecule has 0 spiro atoms. The van der Waals surface area contributed by atoms with E-state index in [0.29, 0.717) is 30.1 Å². The Labute approximate surface area is 229 Å². The zero-order valence-corrected chi connectivity index (χ0v) is 24.9. The molecule has 10 atom stereocenters. The van der Waals surface area contributed by atoms with Gasteiger partial charge in [0, 0.05) is 13.3 Å². The maximum atomic E-state index is 13.4. The van der Waals surface area contributed by atoms with Crippen molar-refractivity contribution < 1.29 is 23.9 Å². The van der Waals surface area contributed by atoms with Gasteiger partial charge in [0.05, 0.1) is 17.9 Å². The molecule has 0 N–H and O–H groups in total. The number of esters is 2. The third-order valence-electron chi connectivity index (χ3n) is 13.8. The standard InChI is InChI=1S/C33H50O5/c1-20(2)22-11-16-33(28(36)37-8)18-17-31(6)23(27(22)33)9-10-25-29(4)14-13-26(35)30(5,19-38-21(3)34)24(29)12-15-32(25,31)7/h22-25,27H,1,9-19H2,2-8H3/t22-,23?,24+,25+,27+,29-,30?,31+,32+,33-/m0/s1. The van der Waals surface area contributed by atoms with Crippen molar-refractivity contribution in [3.8, 4) is 0 Å². The van der Waals surface area contributed by atoms with Crippen LogP contribution in [-0.4, -0.2) is 31.4 Å². The monoisotopic (exact) mass is 526 g/mol. The van der Waals surface area contributed by atoms with Gasteiger partial charge in [-0.3, -0.25) is 14.4 Å². The van der Waals surface area contributed by atoms with Gasteiger partial charge in [-0.15, -0.1) is 0 Å². The largest absolute Gasteiger partial charge is 0.469 e. The summed E-state index contributed by atoms with van der Waals surface area (Å²) in [6.45, 7) is 17.8. The molecule has 0 aliphatic heterocycles. The lowest BCUT2D eigenvalue weighted by Crippen LogP contribution is -2.67. The molecule has 0 saturated heterocycles. The molecule has 5 aliphatic rings. The van der Waals surface area contributed by atoms with Crippen molar-refractivity contribution in [2.24, 2.45) is 56.7 Å². The van der Waals surface area contributed by atoms with Gasteiger partial charge in [0.25, 0.3) is 0 Å². The van der Waals surface area contributed by atoms with Gasteiger partial charge in [0.2, 0.25) is 0 Å². The van der Waals surface area contributed by atoms with Crippen LogP contribution >= 0.6 is 0 Å². The molecule has 0 bridgehead atoms. The van der Waals surface area contributed by atoms with Crippen LogP contribution in [0.4, 0.5) is 0 Å². The molecule has 5 nitrogen and oxygen atoms in total. The predicted octanol–water partition coefficient (Wildman–Crippen LogP) is 6.93. The van der Waals surface area contributed by atoms with E-state index in [2.05, 4.69) is 41.2 Å². The molecule has 2 unspecified atom stereocenters. The van der Waals surface area contributed by atoms with Crippen LogP contribution in [0.3, 0.4) is 0 Å². The van der Waals surface area contributed by atoms with Crippen molar-refractivity contribution in [2.75, 3.05) is 13.7 Å². The lowest BCUT2D eigenvalue weighted by Gasteiger charge is -2.72. The third kappa shape index (κ3) is 3.44. The van der Waals surface area contributed by atoms with Gasteiger partial charge in [-0.05, 0) is 117 Å². The van der Waals surface area contributed by atoms with Crippen LogP contribution in [0, 0.1) is 56.7 Å². The summed E-state index contributed by atoms with van der Waals surface area (Å²) in [6, 6.07) is 0. The van der Waals surface area contributed by atoms with Gasteiger partial charge in [-0.25, -0.2) is 0 Å². The molecular weight excluding hydrogens is 476 g/mol. The Morgan fingerprint density at radius 2 is 1.61 bits per heavy atom. The molecule has 0 aromatic heterocycles. The minimum Gasteiger partial charge on any atom is -0.469 e. The van der Waals surface area contributed by atoms with Gasteiger partial charge in [0.1, 0.15) is 12.4 Å². The van der Waals surface area contributed by atoms with E-state index in [-0.39, 0.29) is 51.9 Å². The highest BCUT2D eigenvalue weighted by Crippen LogP contribution is 2.77. The van der Waals surface area contributed by atoms with Gasteiger partial charge in [-0.2, -0.15) is 0 Å². The van der Waals surface area contributed by atoms with E-state index in [9.17, 15) is 14.4 Å². The fraction of sp³-hybridized carbons (Fsp3) is 0.848. The Balaban J connectivity index is 1.53. The Morgan fingerprint density at radius 3 is 2.24 bits per heavy atom. The number of methoxy groups -OCH3 is 1. The number of Topliss-reactive ketones (excluding diaryl/α,β-unsaturated/α-hetero) is 1. The van der Waals surface area contributed by atoms with Gasteiger partial charge in [-0.1, -0.05) is 32.9 Å². The fourth-order valence-electron chi connectivity index (χ4n) is 11.8. The van der Waals surface area contributed by atoms with Gasteiger partial charge in [0.15, 0.2) is 0 Å². The SMILES string of the molecule is C=C(C)[C@@H]1CC[C@]2(C(=O)OC)CC[C@]3(C)C(CC[C@@H]4[C@@]5(C)CCC(=O)C(C)(COC(C)=O)[C@@H]5CC[C@]43C)[C@@H]12. The van der Waals surface area contributed by atoms with Crippen molar-refractivity contribution in [1.29, 1.82) is 0 Å². The molecule has 0 radical (unpaired) electrons. The van der Waals surface area contributed by atoms with Crippen LogP contribution in [0.25, 0.3) is 0 Å². The summed E-state index contributed by atoms with van der Waals surface area (Å²) in [5.41, 5.74) is 0.532. The number of allylic oxidation sites excluding steroid dienone is 1. The maximum Gasteiger partial charge on any atom is 0.312 e. The molecule has 38 heavy (non-hydrogen) atoms. The molecule has 5 fully saturated rings. The number of carbonyl (C=O) groups excluding carboxylic acids is 3. The number of rotatable bonds is 4. The first-order valence-corrected chi connectivity index (χ1v) is 15.1. The number of carbonyl (C=O) groups is 3. The lowest BCUT2D eigenvalue weighted by atomic mass is 9.32. The molecular formula is C33H50O5. The molecule has 212 valence electrons. The van der Waals surface area contributed by atoms with Gasteiger partial charge >= 0.3 is 11.9 Å². The predicted molar refractivity (Wildman–Crippen MR) is 147 cm³/mol. The van der Waals surface area contributed by atoms with Crippen molar-refractivity contribution in [3.05, 3.63) is 12.2 Å². The molecule has 5 heteroatoms. The first-order chi connectivity index (χ1) is 17.7. The summed E-state index contributed by atoms with van der Waals surface area (Å²) in [5.74, 6) is 1.85. The van der Waals surface area contributed by atoms with Crippen LogP contribution < -0.4 is 0 Å². The molecule has 5 rings (SSSR count). The average molecular weight is 527 g/mol. The zero-order valence-electron chi connectivity index (χ0n) is 24.9. The molecule has 0 aromatic rings. The molecule has 0 amide bonds. The number of hydrogen-bond acceptors (Lipinski definition) is 5. The molecule has 0 aromatic carbocycles. The van der Waals surface area contributed by atoms with E-state index in [4.69, 9.17) is 9.47 Å². The Hall–Kier alpha value is -1.65. The van der Waals surface area contributed by atoms with Crippen LogP contribution in [0.1, 0.15) is 106 Å². The highest BCUT2D eigenvalue weighted by Gasteiger charge is 2.72. The summed E-state index contributed by atoms with van der Waals surface area (Å²) in [6.07, 6.45) is 9.77. The second kappa shape index (κ2) is 8.93. The highest BCUT2D eigenvalue weighted by atomic mass is 16.5. The summed E-state index contributed by atoms with van der Waals surface area (Å²) >= 11 is 0. The van der Waals surface area contributed by atoms with E-state index in [0.717, 1.165) is 57.8 Å². The normalized spacial score (nSPS) is 49.7. The fourth-order valence-corrected chi connectivity index (χ4v) is 11.8. The number of hydrogen-bond donors (Lipinski definition) is 0. The smallest absolute Gasteiger partial charge is 0.312 e. The zero-order chi connectivity index (χ0) is 27.9. The third-order valence-corrected chi connectivity index (χ3v) is 13.8. The molecule has 0 heterocycles. The first-order valence-electron chi connectivity index (χ1n) is 15.1. The van der Waals surface area contributed by atoms with Crippen molar-refractivity contribution in [3.63, 3.8) is 0 Å². The van der Waals surface area contributed by atoms with Crippen molar-refractivity contribution >= 4 is 17.7 Å². The maximum absolute atomic E-state index is 13.4. The number of ether oxygens (including phenoxy) is 2. The second-order valence-electron chi connectivity index (χ2n) is 15.0. The van der Waals surface area contributed by atoms with E-state index in [1.54, 1.807) is 7.11 Å². The van der Waals surface area contributed by atoms with E-state index < -0.39 is 5.41 Å². The van der Waals surface area contributed by atoms with Crippen molar-refractivity contribution in [1.82, 2.24) is 0 Å². The number of fused-ring (bicyclic) bond motifs is 7. The van der Waals surface area contributed by atoms with E-state index in [1.165, 1.54) is 12.5 Å². The molecule has 5 saturated carbocycles. The minimum absolute atomic E-state index is 0.00303. The minimum atomic E-state index is -0.610. The second-order valence-corrected chi connectivity index (χ2v) is 15.0. The van der Waals surface area contributed by atoms with Crippen LogP contribution in [0.2, 0.25) is 0 Å². The van der Waals surface area contributed by atoms with E-state index in [1.807, 2.05) is 0 Å².